The second kappa shape index (κ2) is 3.30. The molecule has 0 amide bonds. The third-order valence-corrected chi connectivity index (χ3v) is 4.16. The molecular formula is C7H13FO3S. The second-order valence-corrected chi connectivity index (χ2v) is 5.75. The first kappa shape index (κ1) is 9.92. The van der Waals surface area contributed by atoms with Crippen LogP contribution in [0.3, 0.4) is 0 Å². The van der Waals surface area contributed by atoms with Crippen LogP contribution in [-0.4, -0.2) is 38.3 Å². The fraction of sp³-hybridized carbons (Fsp3) is 1.00. The molecule has 1 fully saturated rings. The second-order valence-electron chi connectivity index (χ2n) is 3.44. The van der Waals surface area contributed by atoms with Gasteiger partial charge in [-0.25, -0.2) is 8.42 Å². The zero-order valence-electron chi connectivity index (χ0n) is 6.79. The van der Waals surface area contributed by atoms with Crippen molar-refractivity contribution in [2.45, 2.75) is 12.8 Å². The largest absolute Gasteiger partial charge is 0.396 e. The zero-order valence-corrected chi connectivity index (χ0v) is 7.61. The van der Waals surface area contributed by atoms with Crippen LogP contribution in [0.25, 0.3) is 0 Å². The molecule has 0 aromatic heterocycles. The highest BCUT2D eigenvalue weighted by Gasteiger charge is 2.36. The molecule has 1 saturated heterocycles. The number of halogens is 1. The van der Waals surface area contributed by atoms with Gasteiger partial charge in [0.15, 0.2) is 0 Å². The highest BCUT2D eigenvalue weighted by molar-refractivity contribution is 7.91. The summed E-state index contributed by atoms with van der Waals surface area (Å²) in [6, 6.07) is 0. The van der Waals surface area contributed by atoms with Gasteiger partial charge in [0.2, 0.25) is 0 Å². The Labute approximate surface area is 71.5 Å². The Kier molecular flexibility index (Phi) is 2.73. The van der Waals surface area contributed by atoms with Crippen LogP contribution in [0.1, 0.15) is 12.8 Å². The molecule has 3 nitrogen and oxygen atoms in total. The molecule has 0 aromatic carbocycles. The van der Waals surface area contributed by atoms with Crippen molar-refractivity contribution in [2.75, 3.05) is 24.8 Å². The minimum Gasteiger partial charge on any atom is -0.396 e. The van der Waals surface area contributed by atoms with E-state index in [2.05, 4.69) is 0 Å². The van der Waals surface area contributed by atoms with Crippen LogP contribution in [0.2, 0.25) is 0 Å². The normalized spacial score (nSPS) is 26.8. The van der Waals surface area contributed by atoms with Crippen molar-refractivity contribution in [3.8, 4) is 0 Å². The lowest BCUT2D eigenvalue weighted by atomic mass is 9.84. The number of hydrogen-bond donors (Lipinski definition) is 1. The quantitative estimate of drug-likeness (QED) is 0.683. The van der Waals surface area contributed by atoms with Gasteiger partial charge in [-0.2, -0.15) is 0 Å². The van der Waals surface area contributed by atoms with Gasteiger partial charge < -0.3 is 5.11 Å². The van der Waals surface area contributed by atoms with Gasteiger partial charge in [0, 0.05) is 5.41 Å². The van der Waals surface area contributed by atoms with Crippen LogP contribution in [0.5, 0.6) is 0 Å². The standard InChI is InChI=1S/C7H13FO3S/c8-5-7(6-9)1-3-12(10,11)4-2-7/h9H,1-6H2. The van der Waals surface area contributed by atoms with Crippen molar-refractivity contribution in [1.29, 1.82) is 0 Å². The molecule has 0 bridgehead atoms. The molecule has 12 heavy (non-hydrogen) atoms. The van der Waals surface area contributed by atoms with Crippen LogP contribution in [0.15, 0.2) is 0 Å². The summed E-state index contributed by atoms with van der Waals surface area (Å²) in [5.41, 5.74) is -0.772. The molecule has 0 saturated carbocycles. The first-order valence-corrected chi connectivity index (χ1v) is 5.73. The molecular weight excluding hydrogens is 183 g/mol. The average Bonchev–Trinajstić information content (AvgIpc) is 2.06. The summed E-state index contributed by atoms with van der Waals surface area (Å²) in [7, 11) is -2.95. The van der Waals surface area contributed by atoms with Crippen LogP contribution in [0.4, 0.5) is 4.39 Å². The maximum atomic E-state index is 12.4. The summed E-state index contributed by atoms with van der Waals surface area (Å²) in [6.45, 7) is -0.877. The molecule has 1 aliphatic heterocycles. The van der Waals surface area contributed by atoms with Gasteiger partial charge in [-0.1, -0.05) is 0 Å². The van der Waals surface area contributed by atoms with Crippen molar-refractivity contribution in [2.24, 2.45) is 5.41 Å². The Hall–Kier alpha value is -0.160. The SMILES string of the molecule is O=S1(=O)CCC(CO)(CF)CC1. The van der Waals surface area contributed by atoms with E-state index in [0.29, 0.717) is 0 Å². The molecule has 0 atom stereocenters. The number of rotatable bonds is 2. The Morgan fingerprint density at radius 2 is 1.83 bits per heavy atom. The monoisotopic (exact) mass is 196 g/mol. The van der Waals surface area contributed by atoms with E-state index in [9.17, 15) is 12.8 Å². The highest BCUT2D eigenvalue weighted by atomic mass is 32.2. The van der Waals surface area contributed by atoms with Gasteiger partial charge in [0.05, 0.1) is 24.8 Å². The molecule has 0 radical (unpaired) electrons. The lowest BCUT2D eigenvalue weighted by Crippen LogP contribution is -2.37. The lowest BCUT2D eigenvalue weighted by Gasteiger charge is -2.32. The van der Waals surface area contributed by atoms with Crippen LogP contribution < -0.4 is 0 Å². The fourth-order valence-electron chi connectivity index (χ4n) is 1.31. The Balaban J connectivity index is 2.66. The minimum absolute atomic E-state index is 0.0114. The van der Waals surface area contributed by atoms with Gasteiger partial charge in [-0.05, 0) is 12.8 Å². The molecule has 1 aliphatic rings. The molecule has 1 N–H and O–H groups in total. The predicted octanol–water partition coefficient (Wildman–Crippen LogP) is 0.143. The Bertz CT molecular complexity index is 227. The summed E-state index contributed by atoms with van der Waals surface area (Å²) in [5.74, 6) is 0.0228. The average molecular weight is 196 g/mol. The third kappa shape index (κ3) is 1.95. The molecule has 1 heterocycles. The van der Waals surface area contributed by atoms with Crippen LogP contribution >= 0.6 is 0 Å². The first-order chi connectivity index (χ1) is 5.54. The number of aliphatic hydroxyl groups excluding tert-OH is 1. The third-order valence-electron chi connectivity index (χ3n) is 2.51. The van der Waals surface area contributed by atoms with E-state index in [1.165, 1.54) is 0 Å². The first-order valence-electron chi connectivity index (χ1n) is 3.91. The van der Waals surface area contributed by atoms with E-state index in [1.807, 2.05) is 0 Å². The van der Waals surface area contributed by atoms with E-state index < -0.39 is 21.9 Å². The molecule has 0 spiro atoms. The molecule has 0 aromatic rings. The minimum atomic E-state index is -2.95. The summed E-state index contributed by atoms with van der Waals surface area (Å²) in [4.78, 5) is 0. The topological polar surface area (TPSA) is 54.4 Å². The molecule has 0 aliphatic carbocycles. The van der Waals surface area contributed by atoms with Gasteiger partial charge in [-0.15, -0.1) is 0 Å². The van der Waals surface area contributed by atoms with Crippen LogP contribution in [-0.2, 0) is 9.84 Å². The summed E-state index contributed by atoms with van der Waals surface area (Å²) >= 11 is 0. The maximum Gasteiger partial charge on any atom is 0.150 e. The van der Waals surface area contributed by atoms with Crippen molar-refractivity contribution in [3.63, 3.8) is 0 Å². The number of sulfone groups is 1. The lowest BCUT2D eigenvalue weighted by molar-refractivity contribution is 0.0834. The maximum absolute atomic E-state index is 12.4. The van der Waals surface area contributed by atoms with Gasteiger partial charge >= 0.3 is 0 Å². The van der Waals surface area contributed by atoms with E-state index in [0.717, 1.165) is 0 Å². The number of alkyl halides is 1. The summed E-state index contributed by atoms with van der Waals surface area (Å²) in [5, 5.41) is 8.88. The fourth-order valence-corrected chi connectivity index (χ4v) is 3.00. The zero-order chi connectivity index (χ0) is 9.24. The molecule has 72 valence electrons. The Morgan fingerprint density at radius 1 is 1.33 bits per heavy atom. The van der Waals surface area contributed by atoms with Gasteiger partial charge in [0.1, 0.15) is 9.84 Å². The molecule has 1 rings (SSSR count). The van der Waals surface area contributed by atoms with Gasteiger partial charge in [-0.3, -0.25) is 4.39 Å². The van der Waals surface area contributed by atoms with Crippen molar-refractivity contribution in [3.05, 3.63) is 0 Å². The van der Waals surface area contributed by atoms with Crippen molar-refractivity contribution >= 4 is 9.84 Å². The molecule has 5 heteroatoms. The van der Waals surface area contributed by atoms with E-state index in [1.54, 1.807) is 0 Å². The van der Waals surface area contributed by atoms with E-state index >= 15 is 0 Å². The predicted molar refractivity (Wildman–Crippen MR) is 43.4 cm³/mol. The highest BCUT2D eigenvalue weighted by Crippen LogP contribution is 2.32. The van der Waals surface area contributed by atoms with Gasteiger partial charge in [0.25, 0.3) is 0 Å². The number of aliphatic hydroxyl groups is 1. The molecule has 0 unspecified atom stereocenters. The number of hydrogen-bond acceptors (Lipinski definition) is 3. The van der Waals surface area contributed by atoms with Crippen LogP contribution in [0, 0.1) is 5.41 Å². The smallest absolute Gasteiger partial charge is 0.150 e. The Morgan fingerprint density at radius 3 is 2.17 bits per heavy atom. The van der Waals surface area contributed by atoms with Crippen molar-refractivity contribution in [1.82, 2.24) is 0 Å². The summed E-state index contributed by atoms with van der Waals surface area (Å²) < 4.78 is 34.4. The van der Waals surface area contributed by atoms with Crippen molar-refractivity contribution < 1.29 is 17.9 Å². The van der Waals surface area contributed by atoms with E-state index in [4.69, 9.17) is 5.11 Å². The van der Waals surface area contributed by atoms with E-state index in [-0.39, 0.29) is 31.0 Å². The summed E-state index contributed by atoms with van der Waals surface area (Å²) in [6.07, 6.45) is 0.505.